The van der Waals surface area contributed by atoms with Crippen LogP contribution >= 0.6 is 0 Å². The second kappa shape index (κ2) is 11.9. The van der Waals surface area contributed by atoms with E-state index in [1.165, 1.54) is 21.5 Å². The first kappa shape index (κ1) is 30.8. The molecule has 0 aliphatic rings. The molecule has 0 aliphatic heterocycles. The maximum Gasteiger partial charge on any atom is 0.164 e. The molecule has 0 fully saturated rings. The van der Waals surface area contributed by atoms with E-state index in [4.69, 9.17) is 19.4 Å². The van der Waals surface area contributed by atoms with Gasteiger partial charge in [0.05, 0.1) is 22.1 Å². The first-order chi connectivity index (χ1) is 27.7. The Hall–Kier alpha value is -7.63. The molecule has 56 heavy (non-hydrogen) atoms. The second-order valence-electron chi connectivity index (χ2n) is 14.4. The summed E-state index contributed by atoms with van der Waals surface area (Å²) >= 11 is 0. The Balaban J connectivity index is 1.21. The van der Waals surface area contributed by atoms with Gasteiger partial charge in [0.25, 0.3) is 0 Å². The fourth-order valence-corrected chi connectivity index (χ4v) is 8.55. The Kier molecular flexibility index (Phi) is 6.56. The summed E-state index contributed by atoms with van der Waals surface area (Å²) in [4.78, 5) is 15.6. The lowest BCUT2D eigenvalue weighted by molar-refractivity contribution is 0.669. The zero-order valence-electron chi connectivity index (χ0n) is 30.0. The number of furan rings is 1. The minimum atomic E-state index is 0.571. The summed E-state index contributed by atoms with van der Waals surface area (Å²) in [7, 11) is 0. The maximum absolute atomic E-state index is 6.86. The first-order valence-electron chi connectivity index (χ1n) is 18.8. The number of aromatic nitrogens is 4. The van der Waals surface area contributed by atoms with Crippen molar-refractivity contribution in [3.8, 4) is 39.9 Å². The molecule has 0 spiro atoms. The van der Waals surface area contributed by atoms with Gasteiger partial charge in [0.1, 0.15) is 11.2 Å². The fraction of sp³-hybridized carbons (Fsp3) is 0. The Morgan fingerprint density at radius 3 is 1.73 bits per heavy atom. The lowest BCUT2D eigenvalue weighted by Gasteiger charge is -2.14. The maximum atomic E-state index is 6.86. The molecule has 0 radical (unpaired) electrons. The highest BCUT2D eigenvalue weighted by Gasteiger charge is 2.22. The van der Waals surface area contributed by atoms with Crippen LogP contribution in [0.3, 0.4) is 0 Å². The number of hydrogen-bond acceptors (Lipinski definition) is 4. The highest BCUT2D eigenvalue weighted by Crippen LogP contribution is 2.43. The zero-order valence-corrected chi connectivity index (χ0v) is 30.0. The molecule has 12 rings (SSSR count). The first-order valence-corrected chi connectivity index (χ1v) is 18.8. The molecule has 12 aromatic rings. The summed E-state index contributed by atoms with van der Waals surface area (Å²) in [5, 5.41) is 11.4. The minimum absolute atomic E-state index is 0.571. The molecular formula is C51H30N4O. The van der Waals surface area contributed by atoms with Gasteiger partial charge < -0.3 is 8.98 Å². The third-order valence-electron chi connectivity index (χ3n) is 11.2. The van der Waals surface area contributed by atoms with Gasteiger partial charge in [-0.15, -0.1) is 0 Å². The van der Waals surface area contributed by atoms with E-state index in [2.05, 4.69) is 156 Å². The van der Waals surface area contributed by atoms with Crippen LogP contribution in [0.5, 0.6) is 0 Å². The topological polar surface area (TPSA) is 56.7 Å². The van der Waals surface area contributed by atoms with E-state index in [-0.39, 0.29) is 0 Å². The van der Waals surface area contributed by atoms with Crippen LogP contribution in [0.1, 0.15) is 0 Å². The van der Waals surface area contributed by atoms with Crippen LogP contribution in [0, 0.1) is 0 Å². The quantitative estimate of drug-likeness (QED) is 0.182. The normalized spacial score (nSPS) is 11.9. The van der Waals surface area contributed by atoms with Crippen LogP contribution in [0.2, 0.25) is 0 Å². The predicted molar refractivity (Wildman–Crippen MR) is 230 cm³/mol. The average Bonchev–Trinajstić information content (AvgIpc) is 3.78. The summed E-state index contributed by atoms with van der Waals surface area (Å²) < 4.78 is 9.26. The summed E-state index contributed by atoms with van der Waals surface area (Å²) in [5.41, 5.74) is 7.55. The highest BCUT2D eigenvalue weighted by molar-refractivity contribution is 6.18. The van der Waals surface area contributed by atoms with E-state index in [0.717, 1.165) is 76.9 Å². The molecule has 3 aromatic heterocycles. The lowest BCUT2D eigenvalue weighted by Crippen LogP contribution is -2.02. The fourth-order valence-electron chi connectivity index (χ4n) is 8.55. The van der Waals surface area contributed by atoms with E-state index < -0.39 is 0 Å². The van der Waals surface area contributed by atoms with Gasteiger partial charge in [0, 0.05) is 32.8 Å². The van der Waals surface area contributed by atoms with Crippen LogP contribution in [0.25, 0.3) is 116 Å². The summed E-state index contributed by atoms with van der Waals surface area (Å²) in [6.07, 6.45) is 0. The average molecular weight is 715 g/mol. The van der Waals surface area contributed by atoms with Crippen molar-refractivity contribution < 1.29 is 4.42 Å². The van der Waals surface area contributed by atoms with Gasteiger partial charge >= 0.3 is 0 Å². The monoisotopic (exact) mass is 714 g/mol. The zero-order chi connectivity index (χ0) is 36.7. The number of rotatable bonds is 4. The Bertz CT molecular complexity index is 3540. The van der Waals surface area contributed by atoms with Gasteiger partial charge in [-0.25, -0.2) is 15.0 Å². The number of benzene rings is 9. The Morgan fingerprint density at radius 1 is 0.357 bits per heavy atom. The summed E-state index contributed by atoms with van der Waals surface area (Å²) in [6, 6.07) is 63.9. The molecule has 0 saturated heterocycles. The third kappa shape index (κ3) is 4.71. The number of nitrogens with zero attached hydrogens (tertiary/aromatic N) is 4. The van der Waals surface area contributed by atoms with Crippen molar-refractivity contribution in [2.75, 3.05) is 0 Å². The summed E-state index contributed by atoms with van der Waals surface area (Å²) in [5.74, 6) is 1.80. The summed E-state index contributed by atoms with van der Waals surface area (Å²) in [6.45, 7) is 0. The molecule has 9 aromatic carbocycles. The molecule has 0 unspecified atom stereocenters. The van der Waals surface area contributed by atoms with Crippen molar-refractivity contribution in [1.82, 2.24) is 19.5 Å². The van der Waals surface area contributed by atoms with Crippen LogP contribution in [-0.4, -0.2) is 19.5 Å². The van der Waals surface area contributed by atoms with Gasteiger partial charge in [-0.1, -0.05) is 140 Å². The van der Waals surface area contributed by atoms with Gasteiger partial charge in [0.2, 0.25) is 0 Å². The molecule has 0 aliphatic carbocycles. The third-order valence-corrected chi connectivity index (χ3v) is 11.2. The second-order valence-corrected chi connectivity index (χ2v) is 14.4. The SMILES string of the molecule is c1ccc(-c2nc(-c3cc(-n4c5ccccc5c5cc6ccccc6cc54)c4c(c3)oc3cc5ccccc5cc34)nc(-c3cccc4ccccc34)n2)cc1. The Morgan fingerprint density at radius 2 is 0.946 bits per heavy atom. The van der Waals surface area contributed by atoms with Crippen molar-refractivity contribution in [3.05, 3.63) is 182 Å². The smallest absolute Gasteiger partial charge is 0.164 e. The van der Waals surface area contributed by atoms with Crippen LogP contribution in [0.15, 0.2) is 186 Å². The van der Waals surface area contributed by atoms with Crippen LogP contribution in [0.4, 0.5) is 0 Å². The van der Waals surface area contributed by atoms with E-state index in [1.807, 2.05) is 30.3 Å². The minimum Gasteiger partial charge on any atom is -0.456 e. The van der Waals surface area contributed by atoms with Gasteiger partial charge in [-0.05, 0) is 74.8 Å². The van der Waals surface area contributed by atoms with Crippen molar-refractivity contribution in [2.45, 2.75) is 0 Å². The van der Waals surface area contributed by atoms with Crippen LogP contribution in [-0.2, 0) is 0 Å². The molecule has 0 N–H and O–H groups in total. The molecule has 5 nitrogen and oxygen atoms in total. The molecular weight excluding hydrogens is 685 g/mol. The number of para-hydroxylation sites is 1. The standard InChI is InChI=1S/C51H30N4O/c1-2-14-32(15-3-1)49-52-50(54-51(53-49)40-23-12-20-31-13-8-9-21-38(31)40)37-28-45(48-42-26-34-17-5-7-19-36(34)29-46(42)56-47(48)30-37)55-43-24-11-10-22-39(43)41-25-33-16-4-6-18-35(33)27-44(41)55/h1-30H. The molecule has 0 bridgehead atoms. The van der Waals surface area contributed by atoms with E-state index in [1.54, 1.807) is 0 Å². The van der Waals surface area contributed by atoms with Gasteiger partial charge in [-0.3, -0.25) is 0 Å². The largest absolute Gasteiger partial charge is 0.456 e. The Labute approximate surface area is 320 Å². The number of hydrogen-bond donors (Lipinski definition) is 0. The number of fused-ring (bicyclic) bond motifs is 9. The van der Waals surface area contributed by atoms with Gasteiger partial charge in [-0.2, -0.15) is 0 Å². The molecule has 260 valence electrons. The van der Waals surface area contributed by atoms with Crippen molar-refractivity contribution >= 4 is 76.1 Å². The van der Waals surface area contributed by atoms with Crippen molar-refractivity contribution in [1.29, 1.82) is 0 Å². The molecule has 0 atom stereocenters. The van der Waals surface area contributed by atoms with E-state index in [0.29, 0.717) is 17.5 Å². The molecule has 0 amide bonds. The predicted octanol–water partition coefficient (Wildman–Crippen LogP) is 13.3. The van der Waals surface area contributed by atoms with Crippen molar-refractivity contribution in [2.24, 2.45) is 0 Å². The van der Waals surface area contributed by atoms with Gasteiger partial charge in [0.15, 0.2) is 17.5 Å². The van der Waals surface area contributed by atoms with Crippen molar-refractivity contribution in [3.63, 3.8) is 0 Å². The molecule has 3 heterocycles. The molecule has 5 heteroatoms. The highest BCUT2D eigenvalue weighted by atomic mass is 16.3. The van der Waals surface area contributed by atoms with E-state index in [9.17, 15) is 0 Å². The molecule has 0 saturated carbocycles. The lowest BCUT2D eigenvalue weighted by atomic mass is 10.0. The van der Waals surface area contributed by atoms with E-state index >= 15 is 0 Å². The van der Waals surface area contributed by atoms with Crippen LogP contribution < -0.4 is 0 Å².